The van der Waals surface area contributed by atoms with Gasteiger partial charge in [0, 0.05) is 10.9 Å². The second-order valence-electron chi connectivity index (χ2n) is 11.8. The van der Waals surface area contributed by atoms with Crippen LogP contribution in [0.25, 0.3) is 0 Å². The van der Waals surface area contributed by atoms with Crippen molar-refractivity contribution in [2.24, 2.45) is 23.7 Å². The number of fused-ring (bicyclic) bond motifs is 4. The number of hydrazine groups is 1. The Morgan fingerprint density at radius 3 is 2.40 bits per heavy atom. The van der Waals surface area contributed by atoms with Crippen LogP contribution in [0.5, 0.6) is 5.75 Å². The lowest BCUT2D eigenvalue weighted by Gasteiger charge is -2.50. The van der Waals surface area contributed by atoms with Crippen molar-refractivity contribution in [3.05, 3.63) is 106 Å². The molecule has 0 bridgehead atoms. The van der Waals surface area contributed by atoms with Crippen molar-refractivity contribution in [3.8, 4) is 5.75 Å². The molecule has 4 aliphatic rings. The second-order valence-corrected chi connectivity index (χ2v) is 12.2. The third-order valence-electron chi connectivity index (χ3n) is 9.65. The number of halogens is 2. The maximum Gasteiger partial charge on any atom is 0.260 e. The van der Waals surface area contributed by atoms with Crippen LogP contribution in [0.1, 0.15) is 35.4 Å². The molecule has 43 heavy (non-hydrogen) atoms. The Labute approximate surface area is 251 Å². The maximum absolute atomic E-state index is 14.9. The van der Waals surface area contributed by atoms with Crippen LogP contribution in [0, 0.1) is 36.4 Å². The quantitative estimate of drug-likeness (QED) is 0.294. The van der Waals surface area contributed by atoms with E-state index in [9.17, 15) is 28.7 Å². The van der Waals surface area contributed by atoms with Gasteiger partial charge in [0.1, 0.15) is 11.6 Å². The Morgan fingerprint density at radius 1 is 0.977 bits per heavy atom. The third kappa shape index (κ3) is 3.94. The number of phenols is 1. The monoisotopic (exact) mass is 599 g/mol. The first-order valence-corrected chi connectivity index (χ1v) is 14.5. The Balaban J connectivity index is 1.47. The first-order valence-electron chi connectivity index (χ1n) is 14.1. The van der Waals surface area contributed by atoms with Crippen LogP contribution < -0.4 is 10.7 Å². The SMILES string of the molecule is Cc1cc(C2C3=CCC4C(=O)NC(=O)C4C3CC3C(=O)N(Nc4ccc(F)cc4)C(=O)C32c2ccc(Cl)cc2)ccc1O. The van der Waals surface area contributed by atoms with E-state index < -0.39 is 52.6 Å². The molecule has 4 amide bonds. The van der Waals surface area contributed by atoms with Gasteiger partial charge < -0.3 is 5.11 Å². The van der Waals surface area contributed by atoms with E-state index in [4.69, 9.17) is 11.6 Å². The normalized spacial score (nSPS) is 29.5. The van der Waals surface area contributed by atoms with Gasteiger partial charge in [-0.3, -0.25) is 29.9 Å². The smallest absolute Gasteiger partial charge is 0.260 e. The summed E-state index contributed by atoms with van der Waals surface area (Å²) in [6, 6.07) is 17.3. The topological polar surface area (TPSA) is 116 Å². The number of anilines is 1. The second kappa shape index (κ2) is 9.77. The fourth-order valence-corrected chi connectivity index (χ4v) is 7.93. The summed E-state index contributed by atoms with van der Waals surface area (Å²) < 4.78 is 13.7. The number of aromatic hydroxyl groups is 1. The van der Waals surface area contributed by atoms with Gasteiger partial charge >= 0.3 is 0 Å². The number of allylic oxidation sites excluding steroid dienone is 2. The molecule has 3 aromatic rings. The lowest BCUT2D eigenvalue weighted by molar-refractivity contribution is -0.138. The maximum atomic E-state index is 14.9. The van der Waals surface area contributed by atoms with E-state index in [0.29, 0.717) is 33.8 Å². The molecular weight excluding hydrogens is 573 g/mol. The first kappa shape index (κ1) is 27.3. The Hall–Kier alpha value is -4.50. The molecule has 0 spiro atoms. The van der Waals surface area contributed by atoms with Gasteiger partial charge in [0.05, 0.1) is 28.9 Å². The van der Waals surface area contributed by atoms with E-state index in [0.717, 1.165) is 10.6 Å². The zero-order valence-corrected chi connectivity index (χ0v) is 23.8. The summed E-state index contributed by atoms with van der Waals surface area (Å²) in [6.07, 6.45) is 2.44. The summed E-state index contributed by atoms with van der Waals surface area (Å²) in [6.45, 7) is 1.75. The Morgan fingerprint density at radius 2 is 1.70 bits per heavy atom. The largest absolute Gasteiger partial charge is 0.508 e. The van der Waals surface area contributed by atoms with E-state index >= 15 is 0 Å². The molecule has 1 saturated carbocycles. The van der Waals surface area contributed by atoms with Gasteiger partial charge in [-0.05, 0) is 84.8 Å². The van der Waals surface area contributed by atoms with Gasteiger partial charge in [-0.15, -0.1) is 0 Å². The number of aryl methyl sites for hydroxylation is 1. The predicted molar refractivity (Wildman–Crippen MR) is 155 cm³/mol. The minimum absolute atomic E-state index is 0.0834. The fourth-order valence-electron chi connectivity index (χ4n) is 7.80. The molecule has 10 heteroatoms. The van der Waals surface area contributed by atoms with Gasteiger partial charge in [0.25, 0.3) is 11.8 Å². The van der Waals surface area contributed by atoms with Crippen molar-refractivity contribution < 1.29 is 28.7 Å². The third-order valence-corrected chi connectivity index (χ3v) is 9.91. The highest BCUT2D eigenvalue weighted by Gasteiger charge is 2.70. The molecule has 3 fully saturated rings. The molecule has 0 aromatic heterocycles. The zero-order valence-electron chi connectivity index (χ0n) is 23.0. The highest BCUT2D eigenvalue weighted by Crippen LogP contribution is 2.63. The number of rotatable bonds is 4. The molecule has 7 rings (SSSR count). The molecule has 3 aromatic carbocycles. The van der Waals surface area contributed by atoms with Gasteiger partial charge in [0.15, 0.2) is 0 Å². The standard InChI is InChI=1S/C33H27ClFN3O5/c1-16-14-17(2-13-26(16)39)28-22-11-12-23-27(30(41)36-29(23)40)24(22)15-25-31(42)38(37-21-9-7-20(35)8-10-21)32(43)33(25,28)18-3-5-19(34)6-4-18/h2-11,13-14,23-25,27-28,37,39H,12,15H2,1H3,(H,36,40,41). The van der Waals surface area contributed by atoms with E-state index in [1.165, 1.54) is 24.3 Å². The Bertz CT molecular complexity index is 1740. The summed E-state index contributed by atoms with van der Waals surface area (Å²) in [7, 11) is 0. The van der Waals surface area contributed by atoms with Crippen LogP contribution in [0.15, 0.2) is 78.4 Å². The summed E-state index contributed by atoms with van der Waals surface area (Å²) in [4.78, 5) is 55.2. The minimum atomic E-state index is -1.45. The molecule has 3 N–H and O–H groups in total. The van der Waals surface area contributed by atoms with Gasteiger partial charge in [-0.25, -0.2) is 4.39 Å². The molecule has 2 aliphatic heterocycles. The number of imide groups is 2. The van der Waals surface area contributed by atoms with Crippen molar-refractivity contribution in [2.75, 3.05) is 5.43 Å². The molecular formula is C33H27ClFN3O5. The first-order chi connectivity index (χ1) is 20.6. The minimum Gasteiger partial charge on any atom is -0.508 e. The number of carbonyl (C=O) groups excluding carboxylic acids is 4. The van der Waals surface area contributed by atoms with Crippen LogP contribution in [-0.4, -0.2) is 33.7 Å². The van der Waals surface area contributed by atoms with E-state index in [-0.39, 0.29) is 24.0 Å². The predicted octanol–water partition coefficient (Wildman–Crippen LogP) is 4.77. The highest BCUT2D eigenvalue weighted by atomic mass is 35.5. The molecule has 0 radical (unpaired) electrons. The number of nitrogens with one attached hydrogen (secondary N) is 2. The van der Waals surface area contributed by atoms with E-state index in [2.05, 4.69) is 10.7 Å². The number of hydrogen-bond acceptors (Lipinski definition) is 6. The molecule has 2 aliphatic carbocycles. The highest BCUT2D eigenvalue weighted by molar-refractivity contribution is 6.30. The van der Waals surface area contributed by atoms with Crippen molar-refractivity contribution >= 4 is 40.9 Å². The summed E-state index contributed by atoms with van der Waals surface area (Å²) in [5.41, 5.74) is 4.48. The van der Waals surface area contributed by atoms with Crippen LogP contribution >= 0.6 is 11.6 Å². The molecule has 6 atom stereocenters. The summed E-state index contributed by atoms with van der Waals surface area (Å²) in [5.74, 6) is -5.39. The number of nitrogens with zero attached hydrogens (tertiary/aromatic N) is 1. The number of amides is 4. The summed E-state index contributed by atoms with van der Waals surface area (Å²) in [5, 5.41) is 14.3. The van der Waals surface area contributed by atoms with Crippen LogP contribution in [0.4, 0.5) is 10.1 Å². The molecule has 218 valence electrons. The Kier molecular flexibility index (Phi) is 6.21. The lowest BCUT2D eigenvalue weighted by atomic mass is 9.49. The number of carbonyl (C=O) groups is 4. The van der Waals surface area contributed by atoms with Crippen molar-refractivity contribution in [3.63, 3.8) is 0 Å². The molecule has 6 unspecified atom stereocenters. The van der Waals surface area contributed by atoms with Crippen LogP contribution in [0.2, 0.25) is 5.02 Å². The van der Waals surface area contributed by atoms with E-state index in [1.807, 2.05) is 6.08 Å². The zero-order chi connectivity index (χ0) is 30.2. The number of hydrogen-bond donors (Lipinski definition) is 3. The molecule has 2 heterocycles. The average molecular weight is 600 g/mol. The van der Waals surface area contributed by atoms with Crippen LogP contribution in [-0.2, 0) is 24.6 Å². The number of benzene rings is 3. The van der Waals surface area contributed by atoms with Crippen LogP contribution in [0.3, 0.4) is 0 Å². The molecule has 2 saturated heterocycles. The summed E-state index contributed by atoms with van der Waals surface area (Å²) >= 11 is 6.28. The van der Waals surface area contributed by atoms with Gasteiger partial charge in [0.2, 0.25) is 11.8 Å². The fraction of sp³-hybridized carbons (Fsp3) is 0.273. The van der Waals surface area contributed by atoms with Crippen molar-refractivity contribution in [1.82, 2.24) is 10.3 Å². The lowest BCUT2D eigenvalue weighted by Crippen LogP contribution is -2.53. The molecule has 8 nitrogen and oxygen atoms in total. The van der Waals surface area contributed by atoms with Crippen molar-refractivity contribution in [1.29, 1.82) is 0 Å². The van der Waals surface area contributed by atoms with Gasteiger partial charge in [-0.1, -0.05) is 47.5 Å². The average Bonchev–Trinajstić information content (AvgIpc) is 3.40. The van der Waals surface area contributed by atoms with Gasteiger partial charge in [-0.2, -0.15) is 5.01 Å². The van der Waals surface area contributed by atoms with E-state index in [1.54, 1.807) is 49.4 Å². The number of phenolic OH excluding ortho intramolecular Hbond substituents is 1. The van der Waals surface area contributed by atoms with Crippen molar-refractivity contribution in [2.45, 2.75) is 31.1 Å².